The van der Waals surface area contributed by atoms with E-state index in [-0.39, 0.29) is 0 Å². The second-order valence-corrected chi connectivity index (χ2v) is 5.54. The second kappa shape index (κ2) is 5.13. The van der Waals surface area contributed by atoms with Crippen LogP contribution in [0, 0.1) is 11.3 Å². The van der Waals surface area contributed by atoms with E-state index in [4.69, 9.17) is 5.73 Å². The topological polar surface area (TPSA) is 38.0 Å². The molecule has 0 heterocycles. The molecule has 0 aliphatic heterocycles. The molecule has 1 aliphatic carbocycles. The summed E-state index contributed by atoms with van der Waals surface area (Å²) in [6, 6.07) is 0.358. The number of nitrogens with one attached hydrogen (secondary N) is 1. The van der Waals surface area contributed by atoms with Gasteiger partial charge in [-0.15, -0.1) is 0 Å². The van der Waals surface area contributed by atoms with E-state index in [1.165, 1.54) is 25.8 Å². The summed E-state index contributed by atoms with van der Waals surface area (Å²) in [7, 11) is 0. The lowest BCUT2D eigenvalue weighted by molar-refractivity contribution is 0.156. The minimum atomic E-state index is 0.358. The molecule has 1 fully saturated rings. The zero-order valence-corrected chi connectivity index (χ0v) is 9.97. The van der Waals surface area contributed by atoms with Crippen LogP contribution < -0.4 is 11.1 Å². The summed E-state index contributed by atoms with van der Waals surface area (Å²) in [5.74, 6) is 0.607. The predicted molar refractivity (Wildman–Crippen MR) is 62.3 cm³/mol. The first-order valence-corrected chi connectivity index (χ1v) is 6.00. The van der Waals surface area contributed by atoms with Crippen LogP contribution in [0.1, 0.15) is 46.5 Å². The van der Waals surface area contributed by atoms with Crippen molar-refractivity contribution < 1.29 is 0 Å². The maximum absolute atomic E-state index is 5.97. The Labute approximate surface area is 88.6 Å². The molecule has 1 saturated carbocycles. The third-order valence-corrected chi connectivity index (χ3v) is 3.62. The van der Waals surface area contributed by atoms with Crippen LogP contribution >= 0.6 is 0 Å². The molecule has 3 N–H and O–H groups in total. The van der Waals surface area contributed by atoms with Gasteiger partial charge in [0.1, 0.15) is 0 Å². The van der Waals surface area contributed by atoms with Gasteiger partial charge in [-0.05, 0) is 37.1 Å². The molecule has 2 heteroatoms. The number of hydrogen-bond acceptors (Lipinski definition) is 2. The average molecular weight is 198 g/mol. The quantitative estimate of drug-likeness (QED) is 0.642. The third kappa shape index (κ3) is 3.58. The van der Waals surface area contributed by atoms with Gasteiger partial charge in [0, 0.05) is 12.6 Å². The first kappa shape index (κ1) is 12.0. The molecule has 84 valence electrons. The van der Waals surface area contributed by atoms with Gasteiger partial charge in [0.15, 0.2) is 0 Å². The Bertz CT molecular complexity index is 162. The predicted octanol–water partition coefficient (Wildman–Crippen LogP) is 2.14. The summed E-state index contributed by atoms with van der Waals surface area (Å²) in [5.41, 5.74) is 6.57. The molecular formula is C12H26N2. The Hall–Kier alpha value is -0.0800. The van der Waals surface area contributed by atoms with Gasteiger partial charge in [-0.25, -0.2) is 0 Å². The van der Waals surface area contributed by atoms with E-state index in [0.717, 1.165) is 13.0 Å². The number of nitrogens with two attached hydrogens (primary N) is 1. The standard InChI is InChI=1S/C12H26N2/c1-10(2)11(13)5-8-14-9-12(3)6-4-7-12/h10-11,14H,4-9,13H2,1-3H3. The van der Waals surface area contributed by atoms with Gasteiger partial charge in [-0.1, -0.05) is 27.2 Å². The summed E-state index contributed by atoms with van der Waals surface area (Å²) in [6.45, 7) is 9.02. The van der Waals surface area contributed by atoms with Crippen LogP contribution in [-0.4, -0.2) is 19.1 Å². The van der Waals surface area contributed by atoms with Crippen LogP contribution in [0.3, 0.4) is 0 Å². The van der Waals surface area contributed by atoms with Crippen LogP contribution in [0.5, 0.6) is 0 Å². The smallest absolute Gasteiger partial charge is 0.00739 e. The van der Waals surface area contributed by atoms with Crippen molar-refractivity contribution in [3.05, 3.63) is 0 Å². The maximum atomic E-state index is 5.97. The summed E-state index contributed by atoms with van der Waals surface area (Å²) in [4.78, 5) is 0. The molecular weight excluding hydrogens is 172 g/mol. The largest absolute Gasteiger partial charge is 0.327 e. The van der Waals surface area contributed by atoms with Crippen molar-refractivity contribution >= 4 is 0 Å². The van der Waals surface area contributed by atoms with Crippen molar-refractivity contribution in [2.75, 3.05) is 13.1 Å². The van der Waals surface area contributed by atoms with Gasteiger partial charge in [0.25, 0.3) is 0 Å². The average Bonchev–Trinajstić information content (AvgIpc) is 2.09. The van der Waals surface area contributed by atoms with Gasteiger partial charge in [-0.2, -0.15) is 0 Å². The molecule has 0 aromatic rings. The van der Waals surface area contributed by atoms with Crippen molar-refractivity contribution in [1.29, 1.82) is 0 Å². The van der Waals surface area contributed by atoms with E-state index in [2.05, 4.69) is 26.1 Å². The van der Waals surface area contributed by atoms with E-state index < -0.39 is 0 Å². The Morgan fingerprint density at radius 2 is 2.00 bits per heavy atom. The summed E-state index contributed by atoms with van der Waals surface area (Å²) < 4.78 is 0. The van der Waals surface area contributed by atoms with Crippen LogP contribution in [0.2, 0.25) is 0 Å². The fourth-order valence-corrected chi connectivity index (χ4v) is 1.95. The molecule has 1 rings (SSSR count). The highest BCUT2D eigenvalue weighted by atomic mass is 14.9. The molecule has 2 nitrogen and oxygen atoms in total. The Kier molecular flexibility index (Phi) is 4.39. The molecule has 0 aromatic carbocycles. The van der Waals surface area contributed by atoms with E-state index in [1.54, 1.807) is 0 Å². The Morgan fingerprint density at radius 1 is 1.36 bits per heavy atom. The third-order valence-electron chi connectivity index (χ3n) is 3.62. The molecule has 0 saturated heterocycles. The molecule has 0 radical (unpaired) electrons. The SMILES string of the molecule is CC(C)C(N)CCNCC1(C)CCC1. The van der Waals surface area contributed by atoms with Gasteiger partial charge < -0.3 is 11.1 Å². The van der Waals surface area contributed by atoms with Crippen molar-refractivity contribution in [3.8, 4) is 0 Å². The van der Waals surface area contributed by atoms with Crippen molar-refractivity contribution in [2.45, 2.75) is 52.5 Å². The van der Waals surface area contributed by atoms with E-state index >= 15 is 0 Å². The summed E-state index contributed by atoms with van der Waals surface area (Å²) in [5, 5.41) is 3.53. The van der Waals surface area contributed by atoms with Crippen LogP contribution in [-0.2, 0) is 0 Å². The molecule has 1 aliphatic rings. The van der Waals surface area contributed by atoms with Gasteiger partial charge in [-0.3, -0.25) is 0 Å². The first-order valence-electron chi connectivity index (χ1n) is 6.00. The molecule has 0 bridgehead atoms. The van der Waals surface area contributed by atoms with Crippen LogP contribution in [0.25, 0.3) is 0 Å². The number of rotatable bonds is 6. The van der Waals surface area contributed by atoms with Gasteiger partial charge >= 0.3 is 0 Å². The maximum Gasteiger partial charge on any atom is 0.00739 e. The highest BCUT2D eigenvalue weighted by Gasteiger charge is 2.30. The lowest BCUT2D eigenvalue weighted by Crippen LogP contribution is -2.39. The molecule has 1 unspecified atom stereocenters. The highest BCUT2D eigenvalue weighted by molar-refractivity contribution is 4.85. The monoisotopic (exact) mass is 198 g/mol. The minimum Gasteiger partial charge on any atom is -0.327 e. The van der Waals surface area contributed by atoms with Crippen LogP contribution in [0.15, 0.2) is 0 Å². The summed E-state index contributed by atoms with van der Waals surface area (Å²) >= 11 is 0. The van der Waals surface area contributed by atoms with Crippen molar-refractivity contribution in [1.82, 2.24) is 5.32 Å². The Morgan fingerprint density at radius 3 is 2.43 bits per heavy atom. The molecule has 0 spiro atoms. The second-order valence-electron chi connectivity index (χ2n) is 5.54. The van der Waals surface area contributed by atoms with E-state index in [1.807, 2.05) is 0 Å². The van der Waals surface area contributed by atoms with Crippen molar-refractivity contribution in [3.63, 3.8) is 0 Å². The van der Waals surface area contributed by atoms with Gasteiger partial charge in [0.2, 0.25) is 0 Å². The first-order chi connectivity index (χ1) is 6.53. The van der Waals surface area contributed by atoms with Crippen LogP contribution in [0.4, 0.5) is 0 Å². The van der Waals surface area contributed by atoms with E-state index in [0.29, 0.717) is 17.4 Å². The fourth-order valence-electron chi connectivity index (χ4n) is 1.95. The normalized spacial score (nSPS) is 22.1. The highest BCUT2D eigenvalue weighted by Crippen LogP contribution is 2.39. The molecule has 1 atom stereocenters. The Balaban J connectivity index is 1.99. The minimum absolute atomic E-state index is 0.358. The fraction of sp³-hybridized carbons (Fsp3) is 1.00. The molecule has 14 heavy (non-hydrogen) atoms. The van der Waals surface area contributed by atoms with Gasteiger partial charge in [0.05, 0.1) is 0 Å². The lowest BCUT2D eigenvalue weighted by Gasteiger charge is -2.38. The number of hydrogen-bond donors (Lipinski definition) is 2. The molecule has 0 amide bonds. The zero-order chi connectivity index (χ0) is 10.6. The zero-order valence-electron chi connectivity index (χ0n) is 9.97. The summed E-state index contributed by atoms with van der Waals surface area (Å²) in [6.07, 6.45) is 5.32. The lowest BCUT2D eigenvalue weighted by atomic mass is 9.70. The van der Waals surface area contributed by atoms with Crippen molar-refractivity contribution in [2.24, 2.45) is 17.1 Å². The van der Waals surface area contributed by atoms with E-state index in [9.17, 15) is 0 Å². The molecule has 0 aromatic heterocycles.